The third kappa shape index (κ3) is 10.3. The molecule has 0 bridgehead atoms. The van der Waals surface area contributed by atoms with Gasteiger partial charge >= 0.3 is 0 Å². The molecule has 72 valence electrons. The van der Waals surface area contributed by atoms with E-state index in [-0.39, 0.29) is 0 Å². The van der Waals surface area contributed by atoms with E-state index in [9.17, 15) is 4.57 Å². The van der Waals surface area contributed by atoms with Crippen molar-refractivity contribution >= 4 is 28.3 Å². The van der Waals surface area contributed by atoms with Gasteiger partial charge < -0.3 is 4.74 Å². The van der Waals surface area contributed by atoms with Crippen LogP contribution in [0.3, 0.4) is 0 Å². The quantitative estimate of drug-likeness (QED) is 0.402. The summed E-state index contributed by atoms with van der Waals surface area (Å²) in [7, 11) is 0. The van der Waals surface area contributed by atoms with Crippen molar-refractivity contribution in [1.29, 1.82) is 0 Å². The van der Waals surface area contributed by atoms with Crippen molar-refractivity contribution in [1.82, 2.24) is 0 Å². The van der Waals surface area contributed by atoms with E-state index in [2.05, 4.69) is 13.8 Å². The van der Waals surface area contributed by atoms with Crippen molar-refractivity contribution in [3.63, 3.8) is 0 Å². The zero-order valence-electron chi connectivity index (χ0n) is 7.17. The molecule has 5 heteroatoms. The second-order valence-electron chi connectivity index (χ2n) is 2.84. The zero-order chi connectivity index (χ0) is 9.61. The van der Waals surface area contributed by atoms with Crippen molar-refractivity contribution in [2.75, 3.05) is 6.61 Å². The van der Waals surface area contributed by atoms with Gasteiger partial charge in [-0.3, -0.25) is 4.57 Å². The standard InChI is InChI=1S/C7H13Cl2O2P/c1-7(2)3-4-11-5-6-12(8,9)10/h5-7H,3-4H2,1-2H3. The molecule has 0 amide bonds. The van der Waals surface area contributed by atoms with Crippen molar-refractivity contribution in [3.8, 4) is 0 Å². The summed E-state index contributed by atoms with van der Waals surface area (Å²) in [6, 6.07) is 0. The van der Waals surface area contributed by atoms with E-state index >= 15 is 0 Å². The highest BCUT2D eigenvalue weighted by atomic mass is 35.9. The summed E-state index contributed by atoms with van der Waals surface area (Å²) < 4.78 is 15.7. The second kappa shape index (κ2) is 5.90. The van der Waals surface area contributed by atoms with Gasteiger partial charge in [0.15, 0.2) is 0 Å². The smallest absolute Gasteiger partial charge is 0.277 e. The molecule has 0 N–H and O–H groups in total. The Bertz CT molecular complexity index is 186. The van der Waals surface area contributed by atoms with E-state index in [1.807, 2.05) is 0 Å². The van der Waals surface area contributed by atoms with Gasteiger partial charge in [-0.15, -0.1) is 0 Å². The molecule has 0 saturated heterocycles. The summed E-state index contributed by atoms with van der Waals surface area (Å²) in [5, 5.41) is 0. The van der Waals surface area contributed by atoms with Crippen LogP contribution in [0.15, 0.2) is 12.1 Å². The van der Waals surface area contributed by atoms with Crippen molar-refractivity contribution < 1.29 is 9.30 Å². The van der Waals surface area contributed by atoms with Crippen LogP contribution in [0.4, 0.5) is 0 Å². The Morgan fingerprint density at radius 1 is 1.50 bits per heavy atom. The average molecular weight is 231 g/mol. The first-order chi connectivity index (χ1) is 5.42. The Labute approximate surface area is 82.8 Å². The van der Waals surface area contributed by atoms with Gasteiger partial charge in [-0.2, -0.15) is 0 Å². The number of rotatable bonds is 5. The van der Waals surface area contributed by atoms with Crippen LogP contribution in [0.5, 0.6) is 0 Å². The Morgan fingerprint density at radius 2 is 2.08 bits per heavy atom. The zero-order valence-corrected chi connectivity index (χ0v) is 9.57. The molecular weight excluding hydrogens is 218 g/mol. The number of hydrogen-bond donors (Lipinski definition) is 0. The molecule has 12 heavy (non-hydrogen) atoms. The molecule has 0 aromatic rings. The van der Waals surface area contributed by atoms with E-state index < -0.39 is 5.85 Å². The molecule has 0 radical (unpaired) electrons. The van der Waals surface area contributed by atoms with Gasteiger partial charge in [-0.05, 0) is 34.8 Å². The summed E-state index contributed by atoms with van der Waals surface area (Å²) >= 11 is 10.5. The first kappa shape index (κ1) is 12.3. The van der Waals surface area contributed by atoms with Crippen LogP contribution in [0.2, 0.25) is 0 Å². The highest BCUT2D eigenvalue weighted by Crippen LogP contribution is 2.57. The maximum Gasteiger partial charge on any atom is 0.277 e. The fourth-order valence-corrected chi connectivity index (χ4v) is 0.989. The SMILES string of the molecule is CC(C)CCOC=CP(=O)(Cl)Cl. The van der Waals surface area contributed by atoms with E-state index in [4.69, 9.17) is 27.2 Å². The molecule has 0 unspecified atom stereocenters. The topological polar surface area (TPSA) is 26.3 Å². The fraction of sp³-hybridized carbons (Fsp3) is 0.714. The van der Waals surface area contributed by atoms with Crippen molar-refractivity contribution in [3.05, 3.63) is 12.1 Å². The molecule has 0 aromatic heterocycles. The molecule has 0 fully saturated rings. The molecular formula is C7H13Cl2O2P. The maximum absolute atomic E-state index is 10.7. The van der Waals surface area contributed by atoms with Crippen LogP contribution in [-0.2, 0) is 9.30 Å². The molecule has 0 spiro atoms. The van der Waals surface area contributed by atoms with Gasteiger partial charge in [-0.25, -0.2) is 0 Å². The van der Waals surface area contributed by atoms with Crippen molar-refractivity contribution in [2.24, 2.45) is 5.92 Å². The first-order valence-corrected chi connectivity index (χ1v) is 7.29. The van der Waals surface area contributed by atoms with Gasteiger partial charge in [0.2, 0.25) is 0 Å². The van der Waals surface area contributed by atoms with Crippen LogP contribution < -0.4 is 0 Å². The lowest BCUT2D eigenvalue weighted by molar-refractivity contribution is 0.230. The predicted octanol–water partition coefficient (Wildman–Crippen LogP) is 4.19. The first-order valence-electron chi connectivity index (χ1n) is 3.70. The molecule has 0 aliphatic rings. The number of ether oxygens (including phenoxy) is 1. The molecule has 0 rings (SSSR count). The monoisotopic (exact) mass is 230 g/mol. The highest BCUT2D eigenvalue weighted by molar-refractivity contribution is 8.10. The van der Waals surface area contributed by atoms with Crippen LogP contribution in [0, 0.1) is 5.92 Å². The molecule has 2 nitrogen and oxygen atoms in total. The normalized spacial score (nSPS) is 12.8. The number of hydrogen-bond acceptors (Lipinski definition) is 2. The van der Waals surface area contributed by atoms with Crippen LogP contribution in [0.25, 0.3) is 0 Å². The van der Waals surface area contributed by atoms with Crippen LogP contribution in [0.1, 0.15) is 20.3 Å². The summed E-state index contributed by atoms with van der Waals surface area (Å²) in [5.41, 5.74) is 0. The van der Waals surface area contributed by atoms with Gasteiger partial charge in [0.1, 0.15) is 0 Å². The summed E-state index contributed by atoms with van der Waals surface area (Å²) in [4.78, 5) is 0. The summed E-state index contributed by atoms with van der Waals surface area (Å²) in [5.74, 6) is -1.32. The van der Waals surface area contributed by atoms with E-state index in [1.54, 1.807) is 0 Å². The predicted molar refractivity (Wildman–Crippen MR) is 53.9 cm³/mol. The minimum Gasteiger partial charge on any atom is -0.501 e. The summed E-state index contributed by atoms with van der Waals surface area (Å²) in [6.45, 7) is 4.80. The Balaban J connectivity index is 3.44. The Hall–Kier alpha value is 0.350. The van der Waals surface area contributed by atoms with E-state index in [1.165, 1.54) is 12.1 Å². The third-order valence-corrected chi connectivity index (χ3v) is 2.29. The van der Waals surface area contributed by atoms with Crippen LogP contribution in [-0.4, -0.2) is 6.61 Å². The lowest BCUT2D eigenvalue weighted by Crippen LogP contribution is -1.93. The summed E-state index contributed by atoms with van der Waals surface area (Å²) in [6.07, 6.45) is 2.25. The molecule has 0 aromatic carbocycles. The largest absolute Gasteiger partial charge is 0.501 e. The van der Waals surface area contributed by atoms with E-state index in [0.29, 0.717) is 12.5 Å². The Kier molecular flexibility index (Phi) is 6.08. The molecule has 0 atom stereocenters. The molecule has 0 aliphatic carbocycles. The molecule has 0 saturated carbocycles. The number of halogens is 2. The van der Waals surface area contributed by atoms with Crippen LogP contribution >= 0.6 is 28.3 Å². The minimum atomic E-state index is -3.09. The van der Waals surface area contributed by atoms with Gasteiger partial charge in [-0.1, -0.05) is 13.8 Å². The highest BCUT2D eigenvalue weighted by Gasteiger charge is 2.06. The average Bonchev–Trinajstić information content (AvgIpc) is 1.83. The molecule has 0 heterocycles. The van der Waals surface area contributed by atoms with E-state index in [0.717, 1.165) is 6.42 Å². The lowest BCUT2D eigenvalue weighted by atomic mass is 10.1. The third-order valence-electron chi connectivity index (χ3n) is 1.14. The minimum absolute atomic E-state index is 0.595. The second-order valence-corrected chi connectivity index (χ2v) is 7.68. The van der Waals surface area contributed by atoms with Gasteiger partial charge in [0.25, 0.3) is 5.85 Å². The van der Waals surface area contributed by atoms with Gasteiger partial charge in [0, 0.05) is 5.82 Å². The maximum atomic E-state index is 10.7. The fourth-order valence-electron chi connectivity index (χ4n) is 0.486. The lowest BCUT2D eigenvalue weighted by Gasteiger charge is -2.03. The van der Waals surface area contributed by atoms with Crippen molar-refractivity contribution in [2.45, 2.75) is 20.3 Å². The van der Waals surface area contributed by atoms with Gasteiger partial charge in [0.05, 0.1) is 12.9 Å². The Morgan fingerprint density at radius 3 is 2.50 bits per heavy atom. The molecule has 0 aliphatic heterocycles.